The molecule has 1 heterocycles. The second-order valence-electron chi connectivity index (χ2n) is 3.56. The molecule has 0 saturated heterocycles. The summed E-state index contributed by atoms with van der Waals surface area (Å²) in [7, 11) is 0. The largest absolute Gasteiger partial charge is 0.409 e. The molecular formula is C11H18N4O. The molecule has 0 fully saturated rings. The van der Waals surface area contributed by atoms with E-state index in [9.17, 15) is 0 Å². The van der Waals surface area contributed by atoms with Crippen LogP contribution < -0.4 is 11.1 Å². The highest BCUT2D eigenvalue weighted by Gasteiger charge is 1.94. The van der Waals surface area contributed by atoms with Crippen LogP contribution in [-0.4, -0.2) is 29.1 Å². The van der Waals surface area contributed by atoms with Crippen molar-refractivity contribution < 1.29 is 5.21 Å². The third kappa shape index (κ3) is 5.31. The van der Waals surface area contributed by atoms with Crippen molar-refractivity contribution in [1.82, 2.24) is 10.3 Å². The molecule has 5 nitrogen and oxygen atoms in total. The average Bonchev–Trinajstić information content (AvgIpc) is 2.34. The number of amidine groups is 1. The highest BCUT2D eigenvalue weighted by molar-refractivity contribution is 5.79. The first-order chi connectivity index (χ1) is 7.83. The summed E-state index contributed by atoms with van der Waals surface area (Å²) in [6, 6.07) is 4.00. The molecule has 1 aromatic rings. The van der Waals surface area contributed by atoms with Gasteiger partial charge in [-0.2, -0.15) is 0 Å². The number of aromatic nitrogens is 1. The van der Waals surface area contributed by atoms with Crippen molar-refractivity contribution in [3.05, 3.63) is 30.1 Å². The van der Waals surface area contributed by atoms with Crippen LogP contribution in [-0.2, 0) is 6.42 Å². The fourth-order valence-corrected chi connectivity index (χ4v) is 1.35. The van der Waals surface area contributed by atoms with Gasteiger partial charge in [0.1, 0.15) is 5.84 Å². The van der Waals surface area contributed by atoms with Crippen LogP contribution in [0.3, 0.4) is 0 Å². The zero-order chi connectivity index (χ0) is 11.6. The summed E-state index contributed by atoms with van der Waals surface area (Å²) in [5.74, 6) is 0.286. The lowest BCUT2D eigenvalue weighted by molar-refractivity contribution is 0.316. The number of nitrogens with one attached hydrogen (secondary N) is 1. The fraction of sp³-hybridized carbons (Fsp3) is 0.455. The molecule has 0 amide bonds. The Morgan fingerprint density at radius 2 is 2.38 bits per heavy atom. The number of nitrogens with two attached hydrogens (primary N) is 1. The molecule has 0 saturated carbocycles. The Kier molecular flexibility index (Phi) is 5.95. The Morgan fingerprint density at radius 3 is 3.06 bits per heavy atom. The molecule has 0 spiro atoms. The SMILES string of the molecule is NC(CCCNCCc1cccnc1)=NO. The normalized spacial score (nSPS) is 11.6. The number of hydrogen-bond donors (Lipinski definition) is 3. The number of nitrogens with zero attached hydrogens (tertiary/aromatic N) is 2. The van der Waals surface area contributed by atoms with Crippen LogP contribution >= 0.6 is 0 Å². The maximum absolute atomic E-state index is 8.32. The Hall–Kier alpha value is -1.62. The molecule has 0 unspecified atom stereocenters. The van der Waals surface area contributed by atoms with Gasteiger partial charge in [-0.1, -0.05) is 11.2 Å². The van der Waals surface area contributed by atoms with E-state index in [1.165, 1.54) is 5.56 Å². The lowest BCUT2D eigenvalue weighted by atomic mass is 10.2. The third-order valence-corrected chi connectivity index (χ3v) is 2.23. The number of pyridine rings is 1. The van der Waals surface area contributed by atoms with E-state index in [4.69, 9.17) is 10.9 Å². The topological polar surface area (TPSA) is 83.5 Å². The molecule has 16 heavy (non-hydrogen) atoms. The van der Waals surface area contributed by atoms with Gasteiger partial charge in [-0.3, -0.25) is 4.98 Å². The maximum atomic E-state index is 8.32. The van der Waals surface area contributed by atoms with Gasteiger partial charge in [0.25, 0.3) is 0 Å². The molecule has 0 radical (unpaired) electrons. The predicted molar refractivity (Wildman–Crippen MR) is 63.5 cm³/mol. The van der Waals surface area contributed by atoms with E-state index in [2.05, 4.69) is 21.5 Å². The molecule has 88 valence electrons. The molecule has 0 aliphatic rings. The number of oxime groups is 1. The lowest BCUT2D eigenvalue weighted by Gasteiger charge is -2.04. The van der Waals surface area contributed by atoms with E-state index < -0.39 is 0 Å². The van der Waals surface area contributed by atoms with Crippen LogP contribution in [0.25, 0.3) is 0 Å². The van der Waals surface area contributed by atoms with Crippen molar-refractivity contribution in [2.24, 2.45) is 10.9 Å². The predicted octanol–water partition coefficient (Wildman–Crippen LogP) is 0.740. The van der Waals surface area contributed by atoms with Crippen LogP contribution in [0.5, 0.6) is 0 Å². The highest BCUT2D eigenvalue weighted by atomic mass is 16.4. The average molecular weight is 222 g/mol. The summed E-state index contributed by atoms with van der Waals surface area (Å²) in [6.45, 7) is 1.79. The van der Waals surface area contributed by atoms with Gasteiger partial charge in [-0.15, -0.1) is 0 Å². The Balaban J connectivity index is 2.01. The van der Waals surface area contributed by atoms with Gasteiger partial charge in [0.2, 0.25) is 0 Å². The fourth-order valence-electron chi connectivity index (χ4n) is 1.35. The van der Waals surface area contributed by atoms with Gasteiger partial charge in [-0.05, 0) is 37.6 Å². The maximum Gasteiger partial charge on any atom is 0.139 e. The first-order valence-electron chi connectivity index (χ1n) is 5.39. The molecule has 0 aromatic carbocycles. The molecule has 5 heteroatoms. The monoisotopic (exact) mass is 222 g/mol. The second kappa shape index (κ2) is 7.64. The van der Waals surface area contributed by atoms with Crippen molar-refractivity contribution in [3.63, 3.8) is 0 Å². The molecule has 0 bridgehead atoms. The summed E-state index contributed by atoms with van der Waals surface area (Å²) in [5.41, 5.74) is 6.57. The van der Waals surface area contributed by atoms with Crippen LogP contribution in [0.1, 0.15) is 18.4 Å². The van der Waals surface area contributed by atoms with Gasteiger partial charge in [0.15, 0.2) is 0 Å². The molecule has 1 aromatic heterocycles. The second-order valence-corrected chi connectivity index (χ2v) is 3.56. The van der Waals surface area contributed by atoms with Gasteiger partial charge in [0, 0.05) is 18.8 Å². The van der Waals surface area contributed by atoms with Gasteiger partial charge < -0.3 is 16.3 Å². The molecule has 0 aliphatic heterocycles. The van der Waals surface area contributed by atoms with E-state index in [0.717, 1.165) is 25.9 Å². The van der Waals surface area contributed by atoms with Crippen LogP contribution in [0.4, 0.5) is 0 Å². The summed E-state index contributed by atoms with van der Waals surface area (Å²) in [5, 5.41) is 14.5. The highest BCUT2D eigenvalue weighted by Crippen LogP contribution is 1.95. The van der Waals surface area contributed by atoms with Crippen molar-refractivity contribution in [1.29, 1.82) is 0 Å². The molecule has 4 N–H and O–H groups in total. The lowest BCUT2D eigenvalue weighted by Crippen LogP contribution is -2.20. The minimum absolute atomic E-state index is 0.286. The van der Waals surface area contributed by atoms with Gasteiger partial charge >= 0.3 is 0 Å². The van der Waals surface area contributed by atoms with Crippen LogP contribution in [0.2, 0.25) is 0 Å². The van der Waals surface area contributed by atoms with Gasteiger partial charge in [0.05, 0.1) is 0 Å². The smallest absolute Gasteiger partial charge is 0.139 e. The first kappa shape index (κ1) is 12.4. The molecular weight excluding hydrogens is 204 g/mol. The van der Waals surface area contributed by atoms with Crippen molar-refractivity contribution in [2.75, 3.05) is 13.1 Å². The Morgan fingerprint density at radius 1 is 1.50 bits per heavy atom. The van der Waals surface area contributed by atoms with Crippen LogP contribution in [0, 0.1) is 0 Å². The first-order valence-corrected chi connectivity index (χ1v) is 5.39. The Bertz CT molecular complexity index is 313. The molecule has 0 aliphatic carbocycles. The quantitative estimate of drug-likeness (QED) is 0.209. The number of hydrogen-bond acceptors (Lipinski definition) is 4. The van der Waals surface area contributed by atoms with Crippen molar-refractivity contribution in [2.45, 2.75) is 19.3 Å². The zero-order valence-corrected chi connectivity index (χ0v) is 9.26. The van der Waals surface area contributed by atoms with Gasteiger partial charge in [-0.25, -0.2) is 0 Å². The molecule has 1 rings (SSSR count). The van der Waals surface area contributed by atoms with E-state index in [1.54, 1.807) is 6.20 Å². The summed E-state index contributed by atoms with van der Waals surface area (Å²) in [6.07, 6.45) is 6.11. The van der Waals surface area contributed by atoms with Crippen molar-refractivity contribution in [3.8, 4) is 0 Å². The third-order valence-electron chi connectivity index (χ3n) is 2.23. The number of rotatable bonds is 7. The minimum atomic E-state index is 0.286. The minimum Gasteiger partial charge on any atom is -0.409 e. The van der Waals surface area contributed by atoms with E-state index >= 15 is 0 Å². The summed E-state index contributed by atoms with van der Waals surface area (Å²) in [4.78, 5) is 4.05. The van der Waals surface area contributed by atoms with E-state index in [-0.39, 0.29) is 5.84 Å². The van der Waals surface area contributed by atoms with E-state index in [1.807, 2.05) is 12.3 Å². The Labute approximate surface area is 95.4 Å². The summed E-state index contributed by atoms with van der Waals surface area (Å²) < 4.78 is 0. The molecule has 0 atom stereocenters. The zero-order valence-electron chi connectivity index (χ0n) is 9.26. The van der Waals surface area contributed by atoms with E-state index in [0.29, 0.717) is 6.42 Å². The standard InChI is InChI=1S/C11H18N4O/c12-11(15-16)4-2-6-13-8-5-10-3-1-7-14-9-10/h1,3,7,9,13,16H,2,4-6,8H2,(H2,12,15). The van der Waals surface area contributed by atoms with Crippen LogP contribution in [0.15, 0.2) is 29.7 Å². The van der Waals surface area contributed by atoms with Crippen molar-refractivity contribution >= 4 is 5.84 Å². The summed E-state index contributed by atoms with van der Waals surface area (Å²) >= 11 is 0.